The Labute approximate surface area is 210 Å². The number of aryl methyl sites for hydroxylation is 1. The first-order valence-corrected chi connectivity index (χ1v) is 13.6. The van der Waals surface area contributed by atoms with Crippen molar-refractivity contribution in [1.82, 2.24) is 9.47 Å². The van der Waals surface area contributed by atoms with E-state index in [-0.39, 0.29) is 21.4 Å². The lowest BCUT2D eigenvalue weighted by atomic mass is 9.90. The van der Waals surface area contributed by atoms with Crippen LogP contribution >= 0.6 is 11.6 Å². The van der Waals surface area contributed by atoms with Crippen LogP contribution in [-0.2, 0) is 23.3 Å². The summed E-state index contributed by atoms with van der Waals surface area (Å²) in [5, 5.41) is 1.00. The molecule has 0 unspecified atom stereocenters. The number of rotatable bonds is 5. The van der Waals surface area contributed by atoms with Gasteiger partial charge in [-0.3, -0.25) is 4.79 Å². The molecule has 7 heteroatoms. The number of sulfone groups is 1. The molecule has 2 heterocycles. The third-order valence-electron chi connectivity index (χ3n) is 6.92. The van der Waals surface area contributed by atoms with Crippen LogP contribution in [0.5, 0.6) is 0 Å². The van der Waals surface area contributed by atoms with Gasteiger partial charge in [0.05, 0.1) is 4.90 Å². The molecule has 5 rings (SSSR count). The maximum atomic E-state index is 13.8. The zero-order chi connectivity index (χ0) is 24.6. The summed E-state index contributed by atoms with van der Waals surface area (Å²) in [5.74, 6) is 0.264. The zero-order valence-corrected chi connectivity index (χ0v) is 21.1. The van der Waals surface area contributed by atoms with Crippen molar-refractivity contribution in [2.24, 2.45) is 13.0 Å². The highest BCUT2D eigenvalue weighted by molar-refractivity contribution is 7.91. The second kappa shape index (κ2) is 9.51. The van der Waals surface area contributed by atoms with Gasteiger partial charge in [0.1, 0.15) is 10.6 Å². The van der Waals surface area contributed by atoms with Gasteiger partial charge in [-0.1, -0.05) is 60.1 Å². The van der Waals surface area contributed by atoms with Crippen molar-refractivity contribution in [3.63, 3.8) is 0 Å². The quantitative estimate of drug-likeness (QED) is 0.346. The van der Waals surface area contributed by atoms with Crippen molar-refractivity contribution in [1.29, 1.82) is 0 Å². The molecule has 4 aromatic rings. The normalized spacial score (nSPS) is 15.0. The van der Waals surface area contributed by atoms with Crippen molar-refractivity contribution in [2.75, 3.05) is 13.1 Å². The number of amides is 1. The average Bonchev–Trinajstić information content (AvgIpc) is 3.18. The van der Waals surface area contributed by atoms with E-state index in [4.69, 9.17) is 11.6 Å². The van der Waals surface area contributed by atoms with E-state index >= 15 is 0 Å². The summed E-state index contributed by atoms with van der Waals surface area (Å²) in [6.45, 7) is 1.22. The standard InChI is InChI=1S/C28H27ClN2O3S/c1-30-25-10-6-5-9-24(25)27(35(33,34)23-13-11-22(29)12-14-23)26(30)28(32)31-17-15-21(16-18-31)19-20-7-3-2-4-8-20/h2-14,21H,15-19H2,1H3. The minimum absolute atomic E-state index is 0.0642. The first-order valence-electron chi connectivity index (χ1n) is 11.8. The highest BCUT2D eigenvalue weighted by Gasteiger charge is 2.34. The lowest BCUT2D eigenvalue weighted by Crippen LogP contribution is -2.40. The van der Waals surface area contributed by atoms with Gasteiger partial charge in [-0.15, -0.1) is 0 Å². The number of nitrogens with zero attached hydrogens (tertiary/aromatic N) is 2. The fraction of sp³-hybridized carbons (Fsp3) is 0.250. The Morgan fingerprint density at radius 3 is 2.23 bits per heavy atom. The molecular formula is C28H27ClN2O3S. The summed E-state index contributed by atoms with van der Waals surface area (Å²) in [6.07, 6.45) is 2.78. The number of fused-ring (bicyclic) bond motifs is 1. The smallest absolute Gasteiger partial charge is 0.271 e. The predicted molar refractivity (Wildman–Crippen MR) is 139 cm³/mol. The van der Waals surface area contributed by atoms with Gasteiger partial charge in [-0.25, -0.2) is 8.42 Å². The molecule has 1 aromatic heterocycles. The Kier molecular flexibility index (Phi) is 6.43. The van der Waals surface area contributed by atoms with E-state index in [0.717, 1.165) is 19.3 Å². The molecule has 0 aliphatic carbocycles. The van der Waals surface area contributed by atoms with Crippen molar-refractivity contribution in [2.45, 2.75) is 29.1 Å². The second-order valence-corrected chi connectivity index (χ2v) is 11.5. The number of benzene rings is 3. The summed E-state index contributed by atoms with van der Waals surface area (Å²) in [7, 11) is -2.19. The molecule has 1 saturated heterocycles. The number of carbonyl (C=O) groups is 1. The van der Waals surface area contributed by atoms with Gasteiger partial charge < -0.3 is 9.47 Å². The van der Waals surface area contributed by atoms with E-state index in [0.29, 0.717) is 34.9 Å². The Balaban J connectivity index is 1.48. The monoisotopic (exact) mass is 506 g/mol. The van der Waals surface area contributed by atoms with Crippen LogP contribution in [0.4, 0.5) is 0 Å². The number of hydrogen-bond acceptors (Lipinski definition) is 3. The minimum Gasteiger partial charge on any atom is -0.338 e. The number of para-hydroxylation sites is 1. The molecule has 1 aliphatic heterocycles. The van der Waals surface area contributed by atoms with Gasteiger partial charge in [0.15, 0.2) is 0 Å². The second-order valence-electron chi connectivity index (χ2n) is 9.14. The lowest BCUT2D eigenvalue weighted by Gasteiger charge is -2.32. The summed E-state index contributed by atoms with van der Waals surface area (Å²) < 4.78 is 29.3. The van der Waals surface area contributed by atoms with Crippen LogP contribution in [0.2, 0.25) is 5.02 Å². The first-order chi connectivity index (χ1) is 16.9. The Morgan fingerprint density at radius 1 is 0.914 bits per heavy atom. The molecular weight excluding hydrogens is 480 g/mol. The number of likely N-dealkylation sites (tertiary alicyclic amines) is 1. The van der Waals surface area contributed by atoms with Crippen LogP contribution in [0.3, 0.4) is 0 Å². The SMILES string of the molecule is Cn1c(C(=O)N2CCC(Cc3ccccc3)CC2)c(S(=O)(=O)c2ccc(Cl)cc2)c2ccccc21. The molecule has 0 saturated carbocycles. The number of piperidine rings is 1. The zero-order valence-electron chi connectivity index (χ0n) is 19.5. The molecule has 0 spiro atoms. The van der Waals surface area contributed by atoms with Crippen LogP contribution in [0, 0.1) is 5.92 Å². The number of halogens is 1. The van der Waals surface area contributed by atoms with E-state index in [2.05, 4.69) is 24.3 Å². The van der Waals surface area contributed by atoms with Crippen LogP contribution < -0.4 is 0 Å². The fourth-order valence-corrected chi connectivity index (χ4v) is 6.84. The van der Waals surface area contributed by atoms with Crippen LogP contribution in [-0.4, -0.2) is 36.9 Å². The lowest BCUT2D eigenvalue weighted by molar-refractivity contribution is 0.0677. The van der Waals surface area contributed by atoms with E-state index in [1.54, 1.807) is 40.8 Å². The molecule has 0 bridgehead atoms. The largest absolute Gasteiger partial charge is 0.338 e. The number of carbonyl (C=O) groups excluding carboxylic acids is 1. The number of hydrogen-bond donors (Lipinski definition) is 0. The summed E-state index contributed by atoms with van der Waals surface area (Å²) in [5.41, 5.74) is 2.23. The molecule has 1 aliphatic rings. The number of aromatic nitrogens is 1. The average molecular weight is 507 g/mol. The van der Waals surface area contributed by atoms with Gasteiger partial charge >= 0.3 is 0 Å². The molecule has 1 amide bonds. The molecule has 180 valence electrons. The minimum atomic E-state index is -3.95. The van der Waals surface area contributed by atoms with Crippen LogP contribution in [0.1, 0.15) is 28.9 Å². The van der Waals surface area contributed by atoms with Gasteiger partial charge in [-0.05, 0) is 61.1 Å². The third-order valence-corrected chi connectivity index (χ3v) is 9.02. The summed E-state index contributed by atoms with van der Waals surface area (Å²) in [6, 6.07) is 23.7. The maximum absolute atomic E-state index is 13.8. The molecule has 0 radical (unpaired) electrons. The predicted octanol–water partition coefficient (Wildman–Crippen LogP) is 5.76. The maximum Gasteiger partial charge on any atom is 0.271 e. The van der Waals surface area contributed by atoms with Crippen molar-refractivity contribution in [3.05, 3.63) is 95.1 Å². The van der Waals surface area contributed by atoms with E-state index in [9.17, 15) is 13.2 Å². The third kappa shape index (κ3) is 4.48. The highest BCUT2D eigenvalue weighted by Crippen LogP contribution is 2.35. The van der Waals surface area contributed by atoms with Gasteiger partial charge in [0.25, 0.3) is 5.91 Å². The molecule has 0 atom stereocenters. The molecule has 1 fully saturated rings. The van der Waals surface area contributed by atoms with Crippen molar-refractivity contribution in [3.8, 4) is 0 Å². The van der Waals surface area contributed by atoms with Crippen molar-refractivity contribution >= 4 is 38.2 Å². The van der Waals surface area contributed by atoms with Crippen molar-refractivity contribution < 1.29 is 13.2 Å². The van der Waals surface area contributed by atoms with Crippen LogP contribution in [0.15, 0.2) is 88.7 Å². The Morgan fingerprint density at radius 2 is 1.54 bits per heavy atom. The van der Waals surface area contributed by atoms with Gasteiger partial charge in [0, 0.05) is 36.1 Å². The van der Waals surface area contributed by atoms with E-state index < -0.39 is 9.84 Å². The Bertz CT molecular complexity index is 1470. The molecule has 5 nitrogen and oxygen atoms in total. The highest BCUT2D eigenvalue weighted by atomic mass is 35.5. The van der Waals surface area contributed by atoms with Gasteiger partial charge in [-0.2, -0.15) is 0 Å². The van der Waals surface area contributed by atoms with Crippen LogP contribution in [0.25, 0.3) is 10.9 Å². The summed E-state index contributed by atoms with van der Waals surface area (Å²) >= 11 is 5.99. The molecule has 35 heavy (non-hydrogen) atoms. The van der Waals surface area contributed by atoms with E-state index in [1.807, 2.05) is 18.2 Å². The first kappa shape index (κ1) is 23.6. The summed E-state index contributed by atoms with van der Waals surface area (Å²) in [4.78, 5) is 15.8. The fourth-order valence-electron chi connectivity index (χ4n) is 5.04. The van der Waals surface area contributed by atoms with E-state index in [1.165, 1.54) is 17.7 Å². The topological polar surface area (TPSA) is 59.4 Å². The molecule has 3 aromatic carbocycles. The van der Waals surface area contributed by atoms with Gasteiger partial charge in [0.2, 0.25) is 9.84 Å². The Hall–Kier alpha value is -3.09. The molecule has 0 N–H and O–H groups in total.